The zero-order valence-corrected chi connectivity index (χ0v) is 16.1. The van der Waals surface area contributed by atoms with Crippen molar-refractivity contribution in [2.75, 3.05) is 5.32 Å². The number of anilines is 1. The second-order valence-electron chi connectivity index (χ2n) is 7.12. The van der Waals surface area contributed by atoms with Crippen LogP contribution in [0.3, 0.4) is 0 Å². The quantitative estimate of drug-likeness (QED) is 0.789. The molecular weight excluding hydrogens is 356 g/mol. The number of rotatable bonds is 5. The maximum Gasteiger partial charge on any atom is 0.233 e. The van der Waals surface area contributed by atoms with Crippen molar-refractivity contribution in [3.63, 3.8) is 0 Å². The van der Waals surface area contributed by atoms with E-state index >= 15 is 0 Å². The molecule has 4 nitrogen and oxygen atoms in total. The van der Waals surface area contributed by atoms with Gasteiger partial charge in [0.2, 0.25) is 5.91 Å². The van der Waals surface area contributed by atoms with Gasteiger partial charge >= 0.3 is 0 Å². The number of aromatic nitrogens is 1. The van der Waals surface area contributed by atoms with E-state index in [2.05, 4.69) is 17.2 Å². The molecule has 1 heterocycles. The molecule has 3 unspecified atom stereocenters. The number of hydrogen-bond acceptors (Lipinski definition) is 4. The third-order valence-electron chi connectivity index (χ3n) is 5.31. The number of Topliss-reactive ketones (excluding diaryl/α,β-unsaturated/α-hetero) is 1. The van der Waals surface area contributed by atoms with Gasteiger partial charge in [0.05, 0.1) is 5.92 Å². The lowest BCUT2D eigenvalue weighted by molar-refractivity contribution is -0.120. The Morgan fingerprint density at radius 3 is 2.88 bits per heavy atom. The molecule has 0 radical (unpaired) electrons. The van der Waals surface area contributed by atoms with E-state index in [0.717, 1.165) is 23.4 Å². The summed E-state index contributed by atoms with van der Waals surface area (Å²) in [7, 11) is 0. The molecule has 0 aromatic carbocycles. The predicted molar refractivity (Wildman–Crippen MR) is 102 cm³/mol. The molecule has 1 fully saturated rings. The lowest BCUT2D eigenvalue weighted by Gasteiger charge is -2.28. The molecule has 0 saturated heterocycles. The van der Waals surface area contributed by atoms with E-state index in [9.17, 15) is 9.59 Å². The number of ketones is 1. The SMILES string of the molecule is CC1=C(Cl)C=C(C(CC2CCC(=O)C2)C(=O)Nc2nccs2)CC1C. The number of nitrogens with one attached hydrogen (secondary N) is 1. The first-order chi connectivity index (χ1) is 11.9. The molecule has 1 aromatic heterocycles. The summed E-state index contributed by atoms with van der Waals surface area (Å²) in [6.07, 6.45) is 7.28. The molecular formula is C19H23ClN2O2S. The zero-order valence-electron chi connectivity index (χ0n) is 14.5. The van der Waals surface area contributed by atoms with Crippen LogP contribution in [0.5, 0.6) is 0 Å². The maximum absolute atomic E-state index is 12.9. The molecule has 6 heteroatoms. The molecule has 1 aromatic rings. The monoisotopic (exact) mass is 378 g/mol. The summed E-state index contributed by atoms with van der Waals surface area (Å²) in [5.41, 5.74) is 2.23. The van der Waals surface area contributed by atoms with Gasteiger partial charge in [-0.15, -0.1) is 11.3 Å². The molecule has 25 heavy (non-hydrogen) atoms. The highest BCUT2D eigenvalue weighted by atomic mass is 35.5. The first-order valence-corrected chi connectivity index (χ1v) is 9.98. The van der Waals surface area contributed by atoms with Crippen molar-refractivity contribution in [3.05, 3.63) is 33.8 Å². The zero-order chi connectivity index (χ0) is 18.0. The van der Waals surface area contributed by atoms with Gasteiger partial charge in [0, 0.05) is 29.5 Å². The summed E-state index contributed by atoms with van der Waals surface area (Å²) in [6, 6.07) is 0. The first kappa shape index (κ1) is 18.3. The number of amides is 1. The van der Waals surface area contributed by atoms with Crippen LogP contribution in [0.25, 0.3) is 0 Å². The standard InChI is InChI=1S/C19H23ClN2O2S/c1-11-7-14(10-17(20)12(11)2)16(9-13-3-4-15(23)8-13)18(24)22-19-21-5-6-25-19/h5-6,10-11,13,16H,3-4,7-9H2,1-2H3,(H,21,22,24). The number of halogens is 1. The molecule has 1 N–H and O–H groups in total. The number of allylic oxidation sites excluding steroid dienone is 3. The maximum atomic E-state index is 12.9. The van der Waals surface area contributed by atoms with Gasteiger partial charge in [-0.3, -0.25) is 9.59 Å². The van der Waals surface area contributed by atoms with Crippen LogP contribution < -0.4 is 5.32 Å². The molecule has 3 rings (SSSR count). The second kappa shape index (κ2) is 7.83. The third kappa shape index (κ3) is 4.39. The molecule has 0 spiro atoms. The highest BCUT2D eigenvalue weighted by Gasteiger charge is 2.33. The van der Waals surface area contributed by atoms with Crippen molar-refractivity contribution in [1.82, 2.24) is 4.98 Å². The Balaban J connectivity index is 1.82. The van der Waals surface area contributed by atoms with Crippen LogP contribution in [-0.4, -0.2) is 16.7 Å². The van der Waals surface area contributed by atoms with Crippen molar-refractivity contribution < 1.29 is 9.59 Å². The Bertz CT molecular complexity index is 724. The normalized spacial score (nSPS) is 25.1. The van der Waals surface area contributed by atoms with Crippen LogP contribution in [0.4, 0.5) is 5.13 Å². The Morgan fingerprint density at radius 2 is 2.28 bits per heavy atom. The molecule has 3 atom stereocenters. The smallest absolute Gasteiger partial charge is 0.233 e. The highest BCUT2D eigenvalue weighted by molar-refractivity contribution is 7.13. The summed E-state index contributed by atoms with van der Waals surface area (Å²) in [6.45, 7) is 4.18. The highest BCUT2D eigenvalue weighted by Crippen LogP contribution is 2.39. The molecule has 0 bridgehead atoms. The fraction of sp³-hybridized carbons (Fsp3) is 0.526. The largest absolute Gasteiger partial charge is 0.301 e. The van der Waals surface area contributed by atoms with Gasteiger partial charge < -0.3 is 5.32 Å². The summed E-state index contributed by atoms with van der Waals surface area (Å²) in [4.78, 5) is 28.7. The predicted octanol–water partition coefficient (Wildman–Crippen LogP) is 4.94. The minimum absolute atomic E-state index is 0.0447. The Hall–Kier alpha value is -1.46. The third-order valence-corrected chi connectivity index (χ3v) is 6.41. The van der Waals surface area contributed by atoms with Gasteiger partial charge in [-0.1, -0.05) is 29.7 Å². The van der Waals surface area contributed by atoms with Gasteiger partial charge in [0.1, 0.15) is 5.78 Å². The fourth-order valence-corrected chi connectivity index (χ4v) is 4.51. The van der Waals surface area contributed by atoms with Gasteiger partial charge in [-0.05, 0) is 44.1 Å². The minimum atomic E-state index is -0.260. The van der Waals surface area contributed by atoms with Gasteiger partial charge in [-0.25, -0.2) is 4.98 Å². The molecule has 0 aliphatic heterocycles. The first-order valence-electron chi connectivity index (χ1n) is 8.72. The fourth-order valence-electron chi connectivity index (χ4n) is 3.65. The Kier molecular flexibility index (Phi) is 5.74. The van der Waals surface area contributed by atoms with Crippen molar-refractivity contribution >= 4 is 39.8 Å². The van der Waals surface area contributed by atoms with E-state index in [-0.39, 0.29) is 17.7 Å². The molecule has 2 aliphatic carbocycles. The van der Waals surface area contributed by atoms with Crippen molar-refractivity contribution in [2.24, 2.45) is 17.8 Å². The van der Waals surface area contributed by atoms with E-state index in [0.29, 0.717) is 36.1 Å². The lowest BCUT2D eigenvalue weighted by atomic mass is 9.79. The minimum Gasteiger partial charge on any atom is -0.301 e. The number of hydrogen-bond donors (Lipinski definition) is 1. The van der Waals surface area contributed by atoms with Gasteiger partial charge in [-0.2, -0.15) is 0 Å². The van der Waals surface area contributed by atoms with Crippen LogP contribution >= 0.6 is 22.9 Å². The summed E-state index contributed by atoms with van der Waals surface area (Å²) in [5, 5.41) is 6.12. The Morgan fingerprint density at radius 1 is 1.48 bits per heavy atom. The lowest BCUT2D eigenvalue weighted by Crippen LogP contribution is -2.28. The molecule has 1 amide bonds. The number of carbonyl (C=O) groups is 2. The second-order valence-corrected chi connectivity index (χ2v) is 8.42. The number of nitrogens with zero attached hydrogens (tertiary/aromatic N) is 1. The van der Waals surface area contributed by atoms with Crippen LogP contribution in [0.2, 0.25) is 0 Å². The van der Waals surface area contributed by atoms with E-state index < -0.39 is 0 Å². The molecule has 134 valence electrons. The van der Waals surface area contributed by atoms with E-state index in [4.69, 9.17) is 11.6 Å². The van der Waals surface area contributed by atoms with E-state index in [1.54, 1.807) is 6.20 Å². The summed E-state index contributed by atoms with van der Waals surface area (Å²) >= 11 is 7.80. The van der Waals surface area contributed by atoms with Crippen LogP contribution in [0.15, 0.2) is 33.8 Å². The van der Waals surface area contributed by atoms with Crippen molar-refractivity contribution in [1.29, 1.82) is 0 Å². The van der Waals surface area contributed by atoms with Gasteiger partial charge in [0.25, 0.3) is 0 Å². The van der Waals surface area contributed by atoms with Crippen LogP contribution in [0, 0.1) is 17.8 Å². The average Bonchev–Trinajstić information content (AvgIpc) is 3.21. The van der Waals surface area contributed by atoms with E-state index in [1.165, 1.54) is 16.9 Å². The molecule has 1 saturated carbocycles. The van der Waals surface area contributed by atoms with Crippen molar-refractivity contribution in [2.45, 2.75) is 46.0 Å². The van der Waals surface area contributed by atoms with Gasteiger partial charge in [0.15, 0.2) is 5.13 Å². The Labute approximate surface area is 157 Å². The van der Waals surface area contributed by atoms with Crippen LogP contribution in [0.1, 0.15) is 46.0 Å². The van der Waals surface area contributed by atoms with E-state index in [1.807, 2.05) is 18.4 Å². The number of carbonyl (C=O) groups excluding carboxylic acids is 2. The summed E-state index contributed by atoms with van der Waals surface area (Å²) < 4.78 is 0. The van der Waals surface area contributed by atoms with Crippen molar-refractivity contribution in [3.8, 4) is 0 Å². The van der Waals surface area contributed by atoms with Crippen LogP contribution in [-0.2, 0) is 9.59 Å². The molecule has 2 aliphatic rings. The number of thiazole rings is 1. The average molecular weight is 379 g/mol. The topological polar surface area (TPSA) is 59.1 Å². The summed E-state index contributed by atoms with van der Waals surface area (Å²) in [5.74, 6) is 0.610.